The first-order chi connectivity index (χ1) is 15.4. The van der Waals surface area contributed by atoms with Crippen molar-refractivity contribution in [3.63, 3.8) is 0 Å². The lowest BCUT2D eigenvalue weighted by Gasteiger charge is -2.19. The average Bonchev–Trinajstić information content (AvgIpc) is 2.79. The van der Waals surface area contributed by atoms with E-state index in [1.54, 1.807) is 42.5 Å². The number of carbonyl (C=O) groups excluding carboxylic acids is 2. The predicted octanol–water partition coefficient (Wildman–Crippen LogP) is 3.35. The summed E-state index contributed by atoms with van der Waals surface area (Å²) in [5.41, 5.74) is 14.7. The largest absolute Gasteiger partial charge is 0.384 e. The predicted molar refractivity (Wildman–Crippen MR) is 127 cm³/mol. The van der Waals surface area contributed by atoms with E-state index in [-0.39, 0.29) is 17.4 Å². The van der Waals surface area contributed by atoms with Gasteiger partial charge in [0.1, 0.15) is 17.6 Å². The van der Waals surface area contributed by atoms with Crippen LogP contribution in [-0.4, -0.2) is 28.7 Å². The molecule has 2 aromatic carbocycles. The van der Waals surface area contributed by atoms with Gasteiger partial charge >= 0.3 is 0 Å². The molecule has 32 heavy (non-hydrogen) atoms. The van der Waals surface area contributed by atoms with Crippen molar-refractivity contribution in [2.45, 2.75) is 25.8 Å². The molecule has 3 rings (SSSR count). The third-order valence-corrected chi connectivity index (χ3v) is 4.91. The highest BCUT2D eigenvalue weighted by atomic mass is 16.2. The molecular formula is C24H26N6O2. The number of amidine groups is 1. The highest BCUT2D eigenvalue weighted by Gasteiger charge is 2.18. The minimum absolute atomic E-state index is 0.0256. The molecule has 3 aromatic rings. The van der Waals surface area contributed by atoms with Crippen LogP contribution in [0.15, 0.2) is 66.9 Å². The van der Waals surface area contributed by atoms with Crippen molar-refractivity contribution < 1.29 is 9.59 Å². The van der Waals surface area contributed by atoms with Crippen molar-refractivity contribution in [2.75, 3.05) is 10.6 Å². The maximum Gasteiger partial charge on any atom is 0.267 e. The number of carbonyl (C=O) groups is 2. The maximum absolute atomic E-state index is 12.9. The Labute approximate surface area is 186 Å². The molecule has 2 amide bonds. The molecule has 0 unspecified atom stereocenters. The summed E-state index contributed by atoms with van der Waals surface area (Å²) in [7, 11) is 0. The quantitative estimate of drug-likeness (QED) is 0.261. The summed E-state index contributed by atoms with van der Waals surface area (Å²) in [6.45, 7) is 2.01. The molecule has 8 heteroatoms. The third kappa shape index (κ3) is 5.69. The summed E-state index contributed by atoms with van der Waals surface area (Å²) < 4.78 is 0. The topological polar surface area (TPSA) is 147 Å². The first-order valence-corrected chi connectivity index (χ1v) is 10.3. The van der Waals surface area contributed by atoms with E-state index in [0.29, 0.717) is 17.7 Å². The molecule has 0 aliphatic carbocycles. The number of nitrogens with one attached hydrogen (secondary N) is 3. The minimum atomic E-state index is -0.584. The fraction of sp³-hybridized carbons (Fsp3) is 0.167. The second-order valence-corrected chi connectivity index (χ2v) is 7.34. The Hall–Kier alpha value is -4.20. The summed E-state index contributed by atoms with van der Waals surface area (Å²) >= 11 is 0. The number of benzene rings is 2. The standard InChI is InChI=1S/C24H26N6O2/c1-2-4-20(29-19-6-3-5-17(13-19)22(25)26)24(32)30-18-9-7-15(8-10-18)16-11-12-28-21(14-16)23(27)31/h3,5-14,20,29H,2,4H2,1H3,(H3,25,26)(H2,27,31)(H,30,32)/t20-/m0/s1. The van der Waals surface area contributed by atoms with Crippen molar-refractivity contribution >= 4 is 29.0 Å². The number of nitrogen functional groups attached to an aromatic ring is 1. The van der Waals surface area contributed by atoms with Gasteiger partial charge in [-0.15, -0.1) is 0 Å². The van der Waals surface area contributed by atoms with Gasteiger partial charge in [0.05, 0.1) is 0 Å². The first kappa shape index (κ1) is 22.5. The van der Waals surface area contributed by atoms with Crippen LogP contribution in [0.1, 0.15) is 35.8 Å². The molecular weight excluding hydrogens is 404 g/mol. The molecule has 8 nitrogen and oxygen atoms in total. The first-order valence-electron chi connectivity index (χ1n) is 10.3. The highest BCUT2D eigenvalue weighted by Crippen LogP contribution is 2.22. The number of nitrogens with two attached hydrogens (primary N) is 2. The van der Waals surface area contributed by atoms with Gasteiger partial charge in [-0.2, -0.15) is 0 Å². The van der Waals surface area contributed by atoms with Crippen molar-refractivity contribution in [1.82, 2.24) is 4.98 Å². The van der Waals surface area contributed by atoms with E-state index in [0.717, 1.165) is 23.2 Å². The molecule has 1 aromatic heterocycles. The molecule has 0 aliphatic rings. The van der Waals surface area contributed by atoms with Gasteiger partial charge in [-0.05, 0) is 53.9 Å². The van der Waals surface area contributed by atoms with Crippen LogP contribution in [0.3, 0.4) is 0 Å². The van der Waals surface area contributed by atoms with Crippen LogP contribution in [0.5, 0.6) is 0 Å². The van der Waals surface area contributed by atoms with E-state index in [2.05, 4.69) is 15.6 Å². The Bertz CT molecular complexity index is 1130. The molecule has 1 atom stereocenters. The molecule has 7 N–H and O–H groups in total. The van der Waals surface area contributed by atoms with E-state index in [1.165, 1.54) is 6.20 Å². The van der Waals surface area contributed by atoms with Crippen LogP contribution < -0.4 is 22.1 Å². The van der Waals surface area contributed by atoms with E-state index in [1.807, 2.05) is 25.1 Å². The zero-order valence-electron chi connectivity index (χ0n) is 17.8. The van der Waals surface area contributed by atoms with Crippen molar-refractivity contribution in [3.05, 3.63) is 78.1 Å². The van der Waals surface area contributed by atoms with E-state index < -0.39 is 11.9 Å². The Balaban J connectivity index is 1.71. The van der Waals surface area contributed by atoms with Crippen LogP contribution in [0, 0.1) is 5.41 Å². The van der Waals surface area contributed by atoms with Crippen LogP contribution >= 0.6 is 0 Å². The number of nitrogens with zero attached hydrogens (tertiary/aromatic N) is 1. The third-order valence-electron chi connectivity index (χ3n) is 4.91. The summed E-state index contributed by atoms with van der Waals surface area (Å²) in [5, 5.41) is 13.8. The SMILES string of the molecule is CCC[C@H](Nc1cccc(C(=N)N)c1)C(=O)Nc1ccc(-c2ccnc(C(N)=O)c2)cc1. The Kier molecular flexibility index (Phi) is 7.17. The zero-order valence-corrected chi connectivity index (χ0v) is 17.8. The zero-order chi connectivity index (χ0) is 23.1. The summed E-state index contributed by atoms with van der Waals surface area (Å²) in [6.07, 6.45) is 3.00. The summed E-state index contributed by atoms with van der Waals surface area (Å²) in [4.78, 5) is 28.2. The van der Waals surface area contributed by atoms with Crippen LogP contribution in [0.25, 0.3) is 11.1 Å². The fourth-order valence-corrected chi connectivity index (χ4v) is 3.26. The second kappa shape index (κ2) is 10.2. The Morgan fingerprint density at radius 1 is 1.00 bits per heavy atom. The highest BCUT2D eigenvalue weighted by molar-refractivity contribution is 5.98. The molecule has 0 bridgehead atoms. The smallest absolute Gasteiger partial charge is 0.267 e. The number of pyridine rings is 1. The van der Waals surface area contributed by atoms with Gasteiger partial charge in [-0.1, -0.05) is 37.6 Å². The number of anilines is 2. The van der Waals surface area contributed by atoms with Crippen LogP contribution in [-0.2, 0) is 4.79 Å². The number of hydrogen-bond donors (Lipinski definition) is 5. The average molecular weight is 431 g/mol. The Morgan fingerprint density at radius 2 is 1.75 bits per heavy atom. The number of hydrogen-bond acceptors (Lipinski definition) is 5. The van der Waals surface area contributed by atoms with Gasteiger partial charge in [0.25, 0.3) is 5.91 Å². The maximum atomic E-state index is 12.9. The number of rotatable bonds is 9. The van der Waals surface area contributed by atoms with E-state index in [9.17, 15) is 9.59 Å². The normalized spacial score (nSPS) is 11.4. The van der Waals surface area contributed by atoms with Crippen molar-refractivity contribution in [3.8, 4) is 11.1 Å². The molecule has 0 spiro atoms. The lowest BCUT2D eigenvalue weighted by Crippen LogP contribution is -2.34. The van der Waals surface area contributed by atoms with E-state index in [4.69, 9.17) is 16.9 Å². The van der Waals surface area contributed by atoms with Crippen LogP contribution in [0.4, 0.5) is 11.4 Å². The minimum Gasteiger partial charge on any atom is -0.384 e. The van der Waals surface area contributed by atoms with Gasteiger partial charge in [0.2, 0.25) is 5.91 Å². The molecule has 0 fully saturated rings. The second-order valence-electron chi connectivity index (χ2n) is 7.34. The van der Waals surface area contributed by atoms with Crippen LogP contribution in [0.2, 0.25) is 0 Å². The van der Waals surface area contributed by atoms with Gasteiger partial charge in [-0.3, -0.25) is 20.0 Å². The van der Waals surface area contributed by atoms with E-state index >= 15 is 0 Å². The monoisotopic (exact) mass is 430 g/mol. The molecule has 0 saturated heterocycles. The fourth-order valence-electron chi connectivity index (χ4n) is 3.26. The Morgan fingerprint density at radius 3 is 2.41 bits per heavy atom. The van der Waals surface area contributed by atoms with Crippen molar-refractivity contribution in [2.24, 2.45) is 11.5 Å². The number of aromatic nitrogens is 1. The summed E-state index contributed by atoms with van der Waals surface area (Å²) in [6, 6.07) is 17.4. The van der Waals surface area contributed by atoms with Gasteiger partial charge in [-0.25, -0.2) is 0 Å². The van der Waals surface area contributed by atoms with Crippen molar-refractivity contribution in [1.29, 1.82) is 5.41 Å². The lowest BCUT2D eigenvalue weighted by molar-refractivity contribution is -0.117. The van der Waals surface area contributed by atoms with Gasteiger partial charge < -0.3 is 22.1 Å². The lowest BCUT2D eigenvalue weighted by atomic mass is 10.1. The molecule has 1 heterocycles. The number of amides is 2. The van der Waals surface area contributed by atoms with Gasteiger partial charge in [0, 0.05) is 23.1 Å². The van der Waals surface area contributed by atoms with Gasteiger partial charge in [0.15, 0.2) is 0 Å². The number of primary amides is 1. The molecule has 0 saturated carbocycles. The molecule has 0 radical (unpaired) electrons. The summed E-state index contributed by atoms with van der Waals surface area (Å²) in [5.74, 6) is -0.769. The molecule has 164 valence electrons. The molecule has 0 aliphatic heterocycles.